The first-order chi connectivity index (χ1) is 7.75. The summed E-state index contributed by atoms with van der Waals surface area (Å²) in [5.74, 6) is 0.186. The Kier molecular flexibility index (Phi) is 9.44. The molecule has 17 heavy (non-hydrogen) atoms. The van der Waals surface area contributed by atoms with E-state index in [4.69, 9.17) is 9.47 Å². The molecule has 1 heterocycles. The monoisotopic (exact) mass is 266 g/mol. The summed E-state index contributed by atoms with van der Waals surface area (Å²) in [4.78, 5) is 13.8. The number of ether oxygens (including phenoxy) is 2. The van der Waals surface area contributed by atoms with Gasteiger partial charge < -0.3 is 19.7 Å². The summed E-state index contributed by atoms with van der Waals surface area (Å²) in [5, 5.41) is 3.26. The maximum atomic E-state index is 11.8. The van der Waals surface area contributed by atoms with Crippen molar-refractivity contribution in [1.29, 1.82) is 0 Å². The van der Waals surface area contributed by atoms with Crippen molar-refractivity contribution in [2.24, 2.45) is 0 Å². The number of carbonyl (C=O) groups excluding carboxylic acids is 1. The van der Waals surface area contributed by atoms with Crippen LogP contribution in [-0.2, 0) is 14.3 Å². The second-order valence-corrected chi connectivity index (χ2v) is 4.00. The van der Waals surface area contributed by atoms with E-state index in [0.717, 1.165) is 19.6 Å². The number of halogens is 1. The summed E-state index contributed by atoms with van der Waals surface area (Å²) in [6.45, 7) is 6.27. The van der Waals surface area contributed by atoms with Gasteiger partial charge in [-0.1, -0.05) is 0 Å². The van der Waals surface area contributed by atoms with E-state index < -0.39 is 0 Å². The van der Waals surface area contributed by atoms with Crippen molar-refractivity contribution in [3.05, 3.63) is 0 Å². The van der Waals surface area contributed by atoms with Crippen molar-refractivity contribution in [1.82, 2.24) is 10.2 Å². The summed E-state index contributed by atoms with van der Waals surface area (Å²) < 4.78 is 10.1. The molecule has 0 aromatic carbocycles. The maximum Gasteiger partial charge on any atom is 0.225 e. The lowest BCUT2D eigenvalue weighted by molar-refractivity contribution is -0.135. The first kappa shape index (κ1) is 16.6. The van der Waals surface area contributed by atoms with Gasteiger partial charge in [0.1, 0.15) is 0 Å². The quantitative estimate of drug-likeness (QED) is 0.702. The molecular formula is C11H23ClN2O3. The first-order valence-corrected chi connectivity index (χ1v) is 5.82. The minimum atomic E-state index is 0. The third-order valence-corrected chi connectivity index (χ3v) is 2.71. The third kappa shape index (κ3) is 6.21. The lowest BCUT2D eigenvalue weighted by Crippen LogP contribution is -2.52. The standard InChI is InChI=1S/C11H22N2O3.ClH/c1-10-9-12-4-5-13(10)11(14)3-6-16-8-7-15-2;/h10,12H,3-9H2,1-2H3;1H/t10-;/m1./s1. The van der Waals surface area contributed by atoms with Crippen LogP contribution in [0.15, 0.2) is 0 Å². The van der Waals surface area contributed by atoms with Gasteiger partial charge in [-0.05, 0) is 6.92 Å². The van der Waals surface area contributed by atoms with Crippen LogP contribution < -0.4 is 5.32 Å². The highest BCUT2D eigenvalue weighted by molar-refractivity contribution is 5.85. The Morgan fingerprint density at radius 3 is 2.82 bits per heavy atom. The first-order valence-electron chi connectivity index (χ1n) is 5.82. The van der Waals surface area contributed by atoms with Crippen molar-refractivity contribution in [3.8, 4) is 0 Å². The number of nitrogens with one attached hydrogen (secondary N) is 1. The molecule has 0 aromatic heterocycles. The molecule has 0 unspecified atom stereocenters. The van der Waals surface area contributed by atoms with Gasteiger partial charge in [-0.15, -0.1) is 12.4 Å². The average Bonchev–Trinajstić information content (AvgIpc) is 2.29. The molecule has 6 heteroatoms. The van der Waals surface area contributed by atoms with Gasteiger partial charge in [-0.25, -0.2) is 0 Å². The molecule has 5 nitrogen and oxygen atoms in total. The summed E-state index contributed by atoms with van der Waals surface area (Å²) >= 11 is 0. The zero-order chi connectivity index (χ0) is 11.8. The fourth-order valence-electron chi connectivity index (χ4n) is 1.76. The van der Waals surface area contributed by atoms with E-state index in [1.165, 1.54) is 0 Å². The number of rotatable bonds is 6. The van der Waals surface area contributed by atoms with Crippen LogP contribution in [-0.4, -0.2) is 63.4 Å². The molecule has 0 spiro atoms. The Morgan fingerprint density at radius 2 is 2.18 bits per heavy atom. The van der Waals surface area contributed by atoms with E-state index in [0.29, 0.717) is 32.3 Å². The van der Waals surface area contributed by atoms with Crippen molar-refractivity contribution in [2.45, 2.75) is 19.4 Å². The molecule has 0 radical (unpaired) electrons. The zero-order valence-corrected chi connectivity index (χ0v) is 11.4. The predicted molar refractivity (Wildman–Crippen MR) is 68.6 cm³/mol. The largest absolute Gasteiger partial charge is 0.382 e. The lowest BCUT2D eigenvalue weighted by atomic mass is 10.2. The van der Waals surface area contributed by atoms with Gasteiger partial charge >= 0.3 is 0 Å². The van der Waals surface area contributed by atoms with Crippen molar-refractivity contribution < 1.29 is 14.3 Å². The lowest BCUT2D eigenvalue weighted by Gasteiger charge is -2.34. The van der Waals surface area contributed by atoms with Crippen LogP contribution in [0.1, 0.15) is 13.3 Å². The van der Waals surface area contributed by atoms with Crippen LogP contribution in [0.3, 0.4) is 0 Å². The SMILES string of the molecule is COCCOCCC(=O)N1CCNC[C@H]1C.Cl. The molecule has 1 N–H and O–H groups in total. The highest BCUT2D eigenvalue weighted by Gasteiger charge is 2.22. The summed E-state index contributed by atoms with van der Waals surface area (Å²) in [6.07, 6.45) is 0.466. The Labute approximate surface area is 109 Å². The number of methoxy groups -OCH3 is 1. The minimum Gasteiger partial charge on any atom is -0.382 e. The molecule has 1 atom stereocenters. The molecule has 0 saturated carbocycles. The average molecular weight is 267 g/mol. The summed E-state index contributed by atoms with van der Waals surface area (Å²) in [5.41, 5.74) is 0. The van der Waals surface area contributed by atoms with E-state index in [1.807, 2.05) is 4.90 Å². The van der Waals surface area contributed by atoms with Crippen LogP contribution >= 0.6 is 12.4 Å². The summed E-state index contributed by atoms with van der Waals surface area (Å²) in [7, 11) is 1.64. The number of nitrogens with zero attached hydrogens (tertiary/aromatic N) is 1. The maximum absolute atomic E-state index is 11.8. The minimum absolute atomic E-state index is 0. The third-order valence-electron chi connectivity index (χ3n) is 2.71. The molecule has 0 bridgehead atoms. The number of hydrogen-bond acceptors (Lipinski definition) is 4. The van der Waals surface area contributed by atoms with Crippen LogP contribution in [0.4, 0.5) is 0 Å². The van der Waals surface area contributed by atoms with E-state index in [9.17, 15) is 4.79 Å². The van der Waals surface area contributed by atoms with Gasteiger partial charge in [-0.3, -0.25) is 4.79 Å². The highest BCUT2D eigenvalue weighted by Crippen LogP contribution is 2.04. The van der Waals surface area contributed by atoms with E-state index in [-0.39, 0.29) is 18.3 Å². The number of amides is 1. The second kappa shape index (κ2) is 9.65. The molecule has 0 aliphatic carbocycles. The zero-order valence-electron chi connectivity index (χ0n) is 10.6. The van der Waals surface area contributed by atoms with E-state index in [2.05, 4.69) is 12.2 Å². The second-order valence-electron chi connectivity index (χ2n) is 4.00. The molecular weight excluding hydrogens is 244 g/mol. The van der Waals surface area contributed by atoms with Gasteiger partial charge in [0, 0.05) is 32.8 Å². The van der Waals surface area contributed by atoms with Gasteiger partial charge in [0.25, 0.3) is 0 Å². The molecule has 1 fully saturated rings. The Bertz CT molecular complexity index is 217. The fraction of sp³-hybridized carbons (Fsp3) is 0.909. The van der Waals surface area contributed by atoms with Crippen LogP contribution in [0, 0.1) is 0 Å². The normalized spacial score (nSPS) is 19.9. The molecule has 102 valence electrons. The topological polar surface area (TPSA) is 50.8 Å². The molecule has 1 aliphatic rings. The molecule has 1 rings (SSSR count). The molecule has 0 aromatic rings. The van der Waals surface area contributed by atoms with Gasteiger partial charge in [-0.2, -0.15) is 0 Å². The van der Waals surface area contributed by atoms with Gasteiger partial charge in [0.05, 0.1) is 26.2 Å². The van der Waals surface area contributed by atoms with Gasteiger partial charge in [0.15, 0.2) is 0 Å². The predicted octanol–water partition coefficient (Wildman–Crippen LogP) is 0.282. The van der Waals surface area contributed by atoms with Crippen LogP contribution in [0.2, 0.25) is 0 Å². The van der Waals surface area contributed by atoms with E-state index >= 15 is 0 Å². The van der Waals surface area contributed by atoms with Crippen molar-refractivity contribution in [2.75, 3.05) is 46.6 Å². The summed E-state index contributed by atoms with van der Waals surface area (Å²) in [6, 6.07) is 0.292. The molecule has 1 saturated heterocycles. The van der Waals surface area contributed by atoms with Crippen LogP contribution in [0.25, 0.3) is 0 Å². The number of hydrogen-bond donors (Lipinski definition) is 1. The number of carbonyl (C=O) groups is 1. The molecule has 1 aliphatic heterocycles. The van der Waals surface area contributed by atoms with Crippen LogP contribution in [0.5, 0.6) is 0 Å². The van der Waals surface area contributed by atoms with E-state index in [1.54, 1.807) is 7.11 Å². The Morgan fingerprint density at radius 1 is 1.41 bits per heavy atom. The van der Waals surface area contributed by atoms with Crippen molar-refractivity contribution in [3.63, 3.8) is 0 Å². The Hall–Kier alpha value is -0.360. The molecule has 1 amide bonds. The number of piperazine rings is 1. The fourth-order valence-corrected chi connectivity index (χ4v) is 1.76. The Balaban J connectivity index is 0.00000256. The van der Waals surface area contributed by atoms with Gasteiger partial charge in [0.2, 0.25) is 5.91 Å². The highest BCUT2D eigenvalue weighted by atomic mass is 35.5. The smallest absolute Gasteiger partial charge is 0.225 e. The van der Waals surface area contributed by atoms with Crippen molar-refractivity contribution >= 4 is 18.3 Å².